The molecule has 1 aliphatic rings. The van der Waals surface area contributed by atoms with Gasteiger partial charge in [-0.3, -0.25) is 19.3 Å². The van der Waals surface area contributed by atoms with E-state index in [2.05, 4.69) is 20.5 Å². The minimum Gasteiger partial charge on any atom is -0.321 e. The Balaban J connectivity index is 1.42. The van der Waals surface area contributed by atoms with E-state index < -0.39 is 5.91 Å². The highest BCUT2D eigenvalue weighted by molar-refractivity contribution is 6.33. The van der Waals surface area contributed by atoms with E-state index in [-0.39, 0.29) is 11.8 Å². The molecule has 8 nitrogen and oxygen atoms in total. The number of benzene rings is 2. The average molecular weight is 518 g/mol. The number of likely N-dealkylation sites (N-methyl/N-ethyl adjacent to an activating group) is 1. The third kappa shape index (κ3) is 6.96. The molecule has 0 aliphatic carbocycles. The predicted molar refractivity (Wildman–Crippen MR) is 150 cm³/mol. The first-order chi connectivity index (χ1) is 17.8. The van der Waals surface area contributed by atoms with Crippen LogP contribution in [0.5, 0.6) is 0 Å². The smallest absolute Gasteiger partial charge is 0.258 e. The van der Waals surface area contributed by atoms with Crippen molar-refractivity contribution in [3.63, 3.8) is 0 Å². The summed E-state index contributed by atoms with van der Waals surface area (Å²) in [5.74, 6) is -0.401. The van der Waals surface area contributed by atoms with Gasteiger partial charge < -0.3 is 15.5 Å². The van der Waals surface area contributed by atoms with E-state index in [4.69, 9.17) is 11.6 Å². The van der Waals surface area contributed by atoms with Gasteiger partial charge in [-0.2, -0.15) is 0 Å². The van der Waals surface area contributed by atoms with Gasteiger partial charge in [0.25, 0.3) is 11.8 Å². The molecule has 190 valence electrons. The molecule has 4 rings (SSSR count). The van der Waals surface area contributed by atoms with Crippen LogP contribution in [0, 0.1) is 0 Å². The normalized spacial score (nSPS) is 13.6. The zero-order chi connectivity index (χ0) is 26.4. The van der Waals surface area contributed by atoms with Crippen molar-refractivity contribution < 1.29 is 14.4 Å². The summed E-state index contributed by atoms with van der Waals surface area (Å²) in [5.41, 5.74) is 2.68. The fourth-order valence-electron chi connectivity index (χ4n) is 4.18. The summed E-state index contributed by atoms with van der Waals surface area (Å²) in [4.78, 5) is 46.5. The van der Waals surface area contributed by atoms with Gasteiger partial charge in [0.1, 0.15) is 13.7 Å². The van der Waals surface area contributed by atoms with Crippen LogP contribution in [0.2, 0.25) is 5.02 Å². The second-order valence-electron chi connectivity index (χ2n) is 9.16. The molecule has 1 aromatic heterocycles. The highest BCUT2D eigenvalue weighted by Crippen LogP contribution is 2.20. The molecule has 2 aromatic carbocycles. The number of rotatable bonds is 7. The number of nitrogens with zero attached hydrogens (tertiary/aromatic N) is 3. The SMILES string of the molecule is Bc1ccc(NC(=O)c2ccc(N(C)C(=O)CN3CCCCC3)cc2)c(C(=O)Nc2ccc(Cl)cn2)c1. The Morgan fingerprint density at radius 2 is 1.70 bits per heavy atom. The predicted octanol–water partition coefficient (Wildman–Crippen LogP) is 2.95. The average Bonchev–Trinajstić information content (AvgIpc) is 2.91. The summed E-state index contributed by atoms with van der Waals surface area (Å²) in [6.45, 7) is 2.30. The molecular formula is C27H29BClN5O3. The van der Waals surface area contributed by atoms with Crippen LogP contribution in [0.15, 0.2) is 60.8 Å². The lowest BCUT2D eigenvalue weighted by Crippen LogP contribution is -2.40. The third-order valence-corrected chi connectivity index (χ3v) is 6.56. The maximum atomic E-state index is 13.0. The zero-order valence-electron chi connectivity index (χ0n) is 21.0. The van der Waals surface area contributed by atoms with Gasteiger partial charge in [0.15, 0.2) is 0 Å². The summed E-state index contributed by atoms with van der Waals surface area (Å²) in [6, 6.07) is 15.3. The second-order valence-corrected chi connectivity index (χ2v) is 9.59. The molecule has 37 heavy (non-hydrogen) atoms. The number of halogens is 1. The summed E-state index contributed by atoms with van der Waals surface area (Å²) >= 11 is 5.86. The molecule has 1 aliphatic heterocycles. The van der Waals surface area contributed by atoms with Crippen molar-refractivity contribution in [1.29, 1.82) is 0 Å². The van der Waals surface area contributed by atoms with Crippen LogP contribution in [0.3, 0.4) is 0 Å². The molecule has 0 atom stereocenters. The molecule has 0 radical (unpaired) electrons. The van der Waals surface area contributed by atoms with E-state index in [0.29, 0.717) is 39.9 Å². The Hall–Kier alpha value is -3.69. The lowest BCUT2D eigenvalue weighted by Gasteiger charge is -2.28. The van der Waals surface area contributed by atoms with Gasteiger partial charge in [-0.25, -0.2) is 4.98 Å². The molecule has 3 aromatic rings. The van der Waals surface area contributed by atoms with E-state index in [0.717, 1.165) is 31.4 Å². The monoisotopic (exact) mass is 517 g/mol. The number of hydrogen-bond acceptors (Lipinski definition) is 5. The maximum Gasteiger partial charge on any atom is 0.258 e. The number of carbonyl (C=O) groups is 3. The van der Waals surface area contributed by atoms with Crippen LogP contribution < -0.4 is 21.0 Å². The molecule has 2 heterocycles. The van der Waals surface area contributed by atoms with Crippen LogP contribution in [-0.4, -0.2) is 62.1 Å². The second kappa shape index (κ2) is 12.0. The molecule has 0 spiro atoms. The first-order valence-corrected chi connectivity index (χ1v) is 12.6. The van der Waals surface area contributed by atoms with Crippen molar-refractivity contribution in [3.8, 4) is 0 Å². The molecule has 2 N–H and O–H groups in total. The van der Waals surface area contributed by atoms with Crippen molar-refractivity contribution in [2.75, 3.05) is 42.2 Å². The summed E-state index contributed by atoms with van der Waals surface area (Å²) in [7, 11) is 3.61. The van der Waals surface area contributed by atoms with Gasteiger partial charge in [-0.15, -0.1) is 0 Å². The Kier molecular flexibility index (Phi) is 8.58. The van der Waals surface area contributed by atoms with E-state index in [1.54, 1.807) is 60.5 Å². The molecule has 10 heteroatoms. The highest BCUT2D eigenvalue weighted by atomic mass is 35.5. The summed E-state index contributed by atoms with van der Waals surface area (Å²) < 4.78 is 0. The van der Waals surface area contributed by atoms with E-state index in [1.807, 2.05) is 13.9 Å². The zero-order valence-corrected chi connectivity index (χ0v) is 21.7. The molecule has 0 saturated carbocycles. The first-order valence-electron chi connectivity index (χ1n) is 12.2. The molecule has 1 fully saturated rings. The van der Waals surface area contributed by atoms with Crippen molar-refractivity contribution in [3.05, 3.63) is 76.9 Å². The fraction of sp³-hybridized carbons (Fsp3) is 0.259. The molecule has 0 unspecified atom stereocenters. The van der Waals surface area contributed by atoms with Gasteiger partial charge in [-0.05, 0) is 68.4 Å². The number of piperidine rings is 1. The van der Waals surface area contributed by atoms with E-state index in [1.165, 1.54) is 12.6 Å². The minimum atomic E-state index is -0.405. The number of carbonyl (C=O) groups excluding carboxylic acids is 3. The van der Waals surface area contributed by atoms with Gasteiger partial charge in [0.05, 0.1) is 22.8 Å². The summed E-state index contributed by atoms with van der Waals surface area (Å²) in [5, 5.41) is 6.01. The van der Waals surface area contributed by atoms with Crippen LogP contribution in [0.4, 0.5) is 17.2 Å². The lowest BCUT2D eigenvalue weighted by molar-refractivity contribution is -0.119. The fourth-order valence-corrected chi connectivity index (χ4v) is 4.29. The van der Waals surface area contributed by atoms with Crippen LogP contribution >= 0.6 is 11.6 Å². The van der Waals surface area contributed by atoms with Gasteiger partial charge in [0, 0.05) is 24.5 Å². The number of nitrogens with one attached hydrogen (secondary N) is 2. The Morgan fingerprint density at radius 3 is 2.38 bits per heavy atom. The van der Waals surface area contributed by atoms with Crippen molar-refractivity contribution in [1.82, 2.24) is 9.88 Å². The lowest BCUT2D eigenvalue weighted by atomic mass is 9.93. The summed E-state index contributed by atoms with van der Waals surface area (Å²) in [6.07, 6.45) is 4.92. The van der Waals surface area contributed by atoms with Gasteiger partial charge >= 0.3 is 0 Å². The topological polar surface area (TPSA) is 94.6 Å². The van der Waals surface area contributed by atoms with Crippen molar-refractivity contribution in [2.45, 2.75) is 19.3 Å². The van der Waals surface area contributed by atoms with Crippen molar-refractivity contribution >= 4 is 59.8 Å². The molecule has 0 bridgehead atoms. The number of hydrogen-bond donors (Lipinski definition) is 2. The number of likely N-dealkylation sites (tertiary alicyclic amines) is 1. The minimum absolute atomic E-state index is 0.0181. The number of amides is 3. The standard InChI is InChI=1S/C27H29BClN5O3/c1-33(25(35)17-34-13-3-2-4-14-34)21-9-5-18(6-10-21)26(36)31-23-11-7-19(28)15-22(23)27(37)32-24-12-8-20(29)16-30-24/h5-12,15-16H,2-4,13-14,17,28H2,1H3,(H,31,36)(H,30,32,37). The maximum absolute atomic E-state index is 13.0. The van der Waals surface area contributed by atoms with Gasteiger partial charge in [-0.1, -0.05) is 35.6 Å². The van der Waals surface area contributed by atoms with Crippen LogP contribution in [0.1, 0.15) is 40.0 Å². The first kappa shape index (κ1) is 26.4. The van der Waals surface area contributed by atoms with Crippen molar-refractivity contribution in [2.24, 2.45) is 0 Å². The quantitative estimate of drug-likeness (QED) is 0.470. The van der Waals surface area contributed by atoms with E-state index in [9.17, 15) is 14.4 Å². The number of aromatic nitrogens is 1. The number of anilines is 3. The highest BCUT2D eigenvalue weighted by Gasteiger charge is 2.19. The third-order valence-electron chi connectivity index (χ3n) is 6.34. The molecule has 3 amide bonds. The molecular weight excluding hydrogens is 489 g/mol. The van der Waals surface area contributed by atoms with Crippen LogP contribution in [-0.2, 0) is 4.79 Å². The van der Waals surface area contributed by atoms with Gasteiger partial charge in [0.2, 0.25) is 5.91 Å². The Labute approximate surface area is 222 Å². The van der Waals surface area contributed by atoms with Crippen LogP contribution in [0.25, 0.3) is 0 Å². The Morgan fingerprint density at radius 1 is 0.973 bits per heavy atom. The number of pyridine rings is 1. The molecule has 1 saturated heterocycles. The van der Waals surface area contributed by atoms with E-state index >= 15 is 0 Å². The Bertz CT molecular complexity index is 1280. The largest absolute Gasteiger partial charge is 0.321 e.